The van der Waals surface area contributed by atoms with Gasteiger partial charge in [0.1, 0.15) is 17.1 Å². The average Bonchev–Trinajstić information content (AvgIpc) is 2.91. The van der Waals surface area contributed by atoms with Crippen LogP contribution in [-0.2, 0) is 22.7 Å². The van der Waals surface area contributed by atoms with E-state index < -0.39 is 12.0 Å². The maximum Gasteiger partial charge on any atom is 0.352 e. The molecule has 1 amide bonds. The van der Waals surface area contributed by atoms with E-state index in [2.05, 4.69) is 10.4 Å². The van der Waals surface area contributed by atoms with Crippen LogP contribution < -0.4 is 5.73 Å². The second kappa shape index (κ2) is 6.86. The highest BCUT2D eigenvalue weighted by Gasteiger charge is 2.51. The minimum absolute atomic E-state index is 0.0137. The van der Waals surface area contributed by atoms with Gasteiger partial charge < -0.3 is 15.7 Å². The zero-order valence-corrected chi connectivity index (χ0v) is 15.5. The fourth-order valence-corrected chi connectivity index (χ4v) is 4.23. The van der Waals surface area contributed by atoms with Crippen molar-refractivity contribution in [1.82, 2.24) is 29.6 Å². The number of carbonyl (C=O) groups excluding carboxylic acids is 1. The molecule has 0 radical (unpaired) electrons. The number of fused-ring (bicyclic) bond motifs is 1. The lowest BCUT2D eigenvalue weighted by Crippen LogP contribution is -2.68. The number of aromatic nitrogens is 4. The van der Waals surface area contributed by atoms with Gasteiger partial charge >= 0.3 is 5.97 Å². The highest BCUT2D eigenvalue weighted by molar-refractivity contribution is 8.00. The summed E-state index contributed by atoms with van der Waals surface area (Å²) in [6.45, 7) is 1.53. The Morgan fingerprint density at radius 2 is 2.12 bits per heavy atom. The van der Waals surface area contributed by atoms with E-state index in [9.17, 15) is 14.7 Å². The molecule has 0 aromatic carbocycles. The number of tetrazole rings is 1. The molecular weight excluding hydrogens is 366 g/mol. The molecule has 0 spiro atoms. The van der Waals surface area contributed by atoms with E-state index in [1.807, 2.05) is 19.0 Å². The van der Waals surface area contributed by atoms with Gasteiger partial charge in [-0.2, -0.15) is 0 Å². The lowest BCUT2D eigenvalue weighted by atomic mass is 10.0. The van der Waals surface area contributed by atoms with Crippen molar-refractivity contribution in [3.8, 4) is 0 Å². The first kappa shape index (κ1) is 18.0. The van der Waals surface area contributed by atoms with Gasteiger partial charge in [-0.25, -0.2) is 14.2 Å². The maximum atomic E-state index is 12.0. The SMILES string of the molecule is CN(C)CCn1nnn(CC2=C(C(=O)O)N3C(=O)[C@@H](N)[C@H]3SC2)c1=S. The zero-order valence-electron chi connectivity index (χ0n) is 13.8. The molecule has 1 aromatic rings. The highest BCUT2D eigenvalue weighted by atomic mass is 32.2. The second-order valence-corrected chi connectivity index (χ2v) is 7.61. The molecule has 0 bridgehead atoms. The van der Waals surface area contributed by atoms with Crippen LogP contribution in [0.4, 0.5) is 0 Å². The molecule has 12 heteroatoms. The third-order valence-corrected chi connectivity index (χ3v) is 5.87. The van der Waals surface area contributed by atoms with Gasteiger partial charge in [0.2, 0.25) is 10.7 Å². The van der Waals surface area contributed by atoms with Crippen LogP contribution >= 0.6 is 24.0 Å². The predicted molar refractivity (Wildman–Crippen MR) is 93.1 cm³/mol. The van der Waals surface area contributed by atoms with Crippen molar-refractivity contribution in [3.05, 3.63) is 16.0 Å². The number of nitrogens with two attached hydrogens (primary N) is 1. The van der Waals surface area contributed by atoms with Crippen molar-refractivity contribution in [3.63, 3.8) is 0 Å². The third kappa shape index (κ3) is 3.21. The number of aliphatic carboxylic acids is 1. The van der Waals surface area contributed by atoms with E-state index in [1.165, 1.54) is 21.3 Å². The number of likely N-dealkylation sites (N-methyl/N-ethyl adjacent to an activating group) is 1. The molecule has 2 aliphatic rings. The molecule has 3 heterocycles. The summed E-state index contributed by atoms with van der Waals surface area (Å²) in [6.07, 6.45) is 0. The highest BCUT2D eigenvalue weighted by Crippen LogP contribution is 2.39. The molecule has 2 aliphatic heterocycles. The number of carboxylic acid groups (broad SMARTS) is 1. The smallest absolute Gasteiger partial charge is 0.352 e. The predicted octanol–water partition coefficient (Wildman–Crippen LogP) is -1.05. The fourth-order valence-electron chi connectivity index (χ4n) is 2.72. The quantitative estimate of drug-likeness (QED) is 0.466. The number of carboxylic acids is 1. The van der Waals surface area contributed by atoms with Gasteiger partial charge in [0.25, 0.3) is 0 Å². The largest absolute Gasteiger partial charge is 0.477 e. The van der Waals surface area contributed by atoms with Crippen molar-refractivity contribution in [2.45, 2.75) is 24.5 Å². The Bertz CT molecular complexity index is 800. The van der Waals surface area contributed by atoms with Crippen LogP contribution in [0.3, 0.4) is 0 Å². The first-order valence-electron chi connectivity index (χ1n) is 7.62. The Kier molecular flexibility index (Phi) is 4.95. The van der Waals surface area contributed by atoms with Crippen LogP contribution in [0.1, 0.15) is 0 Å². The van der Waals surface area contributed by atoms with Gasteiger partial charge in [0, 0.05) is 12.3 Å². The number of hydrogen-bond acceptors (Lipinski definition) is 8. The number of rotatable bonds is 6. The standard InChI is InChI=1S/C13H19N7O3S2/c1-17(2)3-4-18-13(24)19(16-15-18)5-7-6-25-11-8(14)10(21)20(11)9(7)12(22)23/h8,11H,3-6,14H2,1-2H3,(H,22,23)/t8-,11-/m1/s1. The topological polar surface area (TPSA) is 123 Å². The monoisotopic (exact) mass is 385 g/mol. The van der Waals surface area contributed by atoms with E-state index in [0.29, 0.717) is 22.6 Å². The van der Waals surface area contributed by atoms with Gasteiger partial charge in [-0.15, -0.1) is 11.8 Å². The van der Waals surface area contributed by atoms with Crippen LogP contribution in [0.2, 0.25) is 0 Å². The fraction of sp³-hybridized carbons (Fsp3) is 0.615. The van der Waals surface area contributed by atoms with Crippen LogP contribution in [0.25, 0.3) is 0 Å². The Morgan fingerprint density at radius 3 is 2.76 bits per heavy atom. The zero-order chi connectivity index (χ0) is 18.3. The summed E-state index contributed by atoms with van der Waals surface area (Å²) in [5.74, 6) is -1.06. The third-order valence-electron chi connectivity index (χ3n) is 4.09. The van der Waals surface area contributed by atoms with Gasteiger partial charge in [-0.3, -0.25) is 9.69 Å². The summed E-state index contributed by atoms with van der Waals surface area (Å²) in [5, 5.41) is 17.3. The van der Waals surface area contributed by atoms with Crippen LogP contribution in [-0.4, -0.2) is 84.4 Å². The normalized spacial score (nSPS) is 23.0. The molecule has 136 valence electrons. The summed E-state index contributed by atoms with van der Waals surface area (Å²) in [7, 11) is 3.89. The van der Waals surface area contributed by atoms with Gasteiger partial charge in [-0.05, 0) is 42.3 Å². The number of amides is 1. The summed E-state index contributed by atoms with van der Waals surface area (Å²) in [4.78, 5) is 26.9. The van der Waals surface area contributed by atoms with E-state index in [1.54, 1.807) is 4.68 Å². The van der Waals surface area contributed by atoms with Crippen molar-refractivity contribution >= 4 is 35.9 Å². The van der Waals surface area contributed by atoms with Gasteiger partial charge in [0.05, 0.1) is 13.1 Å². The average molecular weight is 385 g/mol. The van der Waals surface area contributed by atoms with E-state index in [4.69, 9.17) is 18.0 Å². The Morgan fingerprint density at radius 1 is 1.44 bits per heavy atom. The van der Waals surface area contributed by atoms with Crippen molar-refractivity contribution in [2.75, 3.05) is 26.4 Å². The van der Waals surface area contributed by atoms with Crippen molar-refractivity contribution in [2.24, 2.45) is 5.73 Å². The van der Waals surface area contributed by atoms with Crippen LogP contribution in [0.15, 0.2) is 11.3 Å². The van der Waals surface area contributed by atoms with Crippen LogP contribution in [0.5, 0.6) is 0 Å². The molecule has 2 atom stereocenters. The van der Waals surface area contributed by atoms with Crippen molar-refractivity contribution in [1.29, 1.82) is 0 Å². The minimum Gasteiger partial charge on any atom is -0.477 e. The molecule has 3 rings (SSSR count). The van der Waals surface area contributed by atoms with E-state index in [-0.39, 0.29) is 23.5 Å². The summed E-state index contributed by atoms with van der Waals surface area (Å²) < 4.78 is 3.49. The van der Waals surface area contributed by atoms with E-state index in [0.717, 1.165) is 6.54 Å². The molecule has 10 nitrogen and oxygen atoms in total. The molecule has 0 unspecified atom stereocenters. The van der Waals surface area contributed by atoms with Gasteiger partial charge in [-0.1, -0.05) is 0 Å². The Balaban J connectivity index is 1.85. The Hall–Kier alpha value is -1.76. The molecule has 1 aromatic heterocycles. The first-order chi connectivity index (χ1) is 11.8. The molecule has 0 aliphatic carbocycles. The summed E-state index contributed by atoms with van der Waals surface area (Å²) >= 11 is 6.81. The first-order valence-corrected chi connectivity index (χ1v) is 9.08. The van der Waals surface area contributed by atoms with E-state index >= 15 is 0 Å². The molecular formula is C13H19N7O3S2. The Labute approximate surface area is 153 Å². The number of hydrogen-bond donors (Lipinski definition) is 2. The summed E-state index contributed by atoms with van der Waals surface area (Å²) in [5.41, 5.74) is 6.30. The number of carbonyl (C=O) groups is 2. The number of thioether (sulfide) groups is 1. The molecule has 25 heavy (non-hydrogen) atoms. The molecule has 1 fully saturated rings. The summed E-state index contributed by atoms with van der Waals surface area (Å²) in [6, 6.07) is -0.644. The number of nitrogens with zero attached hydrogens (tertiary/aromatic N) is 6. The maximum absolute atomic E-state index is 12.0. The lowest BCUT2D eigenvalue weighted by molar-refractivity contribution is -0.148. The van der Waals surface area contributed by atoms with Crippen LogP contribution in [0, 0.1) is 4.77 Å². The lowest BCUT2D eigenvalue weighted by Gasteiger charge is -2.47. The van der Waals surface area contributed by atoms with Crippen molar-refractivity contribution < 1.29 is 14.7 Å². The molecule has 3 N–H and O–H groups in total. The molecule has 0 saturated carbocycles. The molecule has 1 saturated heterocycles. The number of β-lactam (4-membered cyclic amide) rings is 1. The van der Waals surface area contributed by atoms with Gasteiger partial charge in [0.15, 0.2) is 0 Å². The minimum atomic E-state index is -1.15. The second-order valence-electron chi connectivity index (χ2n) is 6.14.